The fourth-order valence-corrected chi connectivity index (χ4v) is 3.36. The van der Waals surface area contributed by atoms with Gasteiger partial charge in [-0.2, -0.15) is 0 Å². The smallest absolute Gasteiger partial charge is 0.420 e. The quantitative estimate of drug-likeness (QED) is 0.572. The highest BCUT2D eigenvalue weighted by atomic mass is 79.9. The van der Waals surface area contributed by atoms with Crippen molar-refractivity contribution in [1.82, 2.24) is 4.98 Å². The van der Waals surface area contributed by atoms with Gasteiger partial charge in [0.05, 0.1) is 22.2 Å². The van der Waals surface area contributed by atoms with Crippen LogP contribution in [0.1, 0.15) is 10.4 Å². The molecule has 0 bridgehead atoms. The van der Waals surface area contributed by atoms with Gasteiger partial charge in [-0.3, -0.25) is 4.79 Å². The van der Waals surface area contributed by atoms with Crippen LogP contribution >= 0.6 is 27.5 Å². The zero-order chi connectivity index (χ0) is 20.5. The van der Waals surface area contributed by atoms with Gasteiger partial charge in [0.2, 0.25) is 0 Å². The molecule has 2 atom stereocenters. The first-order valence-electron chi connectivity index (χ1n) is 8.06. The number of aromatic nitrogens is 1. The number of halogens is 4. The van der Waals surface area contributed by atoms with Crippen LogP contribution in [-0.2, 0) is 0 Å². The largest absolute Gasteiger partial charge is 0.487 e. The van der Waals surface area contributed by atoms with Crippen LogP contribution in [-0.4, -0.2) is 52.0 Å². The minimum absolute atomic E-state index is 0.151. The summed E-state index contributed by atoms with van der Waals surface area (Å²) in [5.74, 6) is -0.116. The van der Waals surface area contributed by atoms with E-state index in [1.807, 2.05) is 0 Å². The van der Waals surface area contributed by atoms with Crippen molar-refractivity contribution in [2.75, 3.05) is 23.3 Å². The van der Waals surface area contributed by atoms with E-state index < -0.39 is 23.7 Å². The molecule has 11 heteroatoms. The molecule has 0 spiro atoms. The van der Waals surface area contributed by atoms with Gasteiger partial charge in [0.25, 0.3) is 5.91 Å². The number of anilines is 2. The van der Waals surface area contributed by atoms with E-state index in [9.17, 15) is 23.8 Å². The summed E-state index contributed by atoms with van der Waals surface area (Å²) >= 11 is 8.04. The Morgan fingerprint density at radius 1 is 1.29 bits per heavy atom. The van der Waals surface area contributed by atoms with Gasteiger partial charge in [-0.25, -0.2) is 4.98 Å². The minimum Gasteiger partial charge on any atom is -0.420 e. The van der Waals surface area contributed by atoms with Gasteiger partial charge in [-0.1, -0.05) is 0 Å². The molecular formula is C17H15BrClF2N3O4. The monoisotopic (exact) mass is 477 g/mol. The molecule has 0 unspecified atom stereocenters. The van der Waals surface area contributed by atoms with Crippen molar-refractivity contribution < 1.29 is 28.5 Å². The molecule has 2 aromatic rings. The molecule has 0 radical (unpaired) electrons. The van der Waals surface area contributed by atoms with E-state index in [1.165, 1.54) is 30.5 Å². The maximum Gasteiger partial charge on any atom is 0.487 e. The number of hydrogen-bond acceptors (Lipinski definition) is 6. The summed E-state index contributed by atoms with van der Waals surface area (Å²) in [6.45, 7) is 0.460. The number of ether oxygens (including phenoxy) is 1. The van der Waals surface area contributed by atoms with E-state index in [4.69, 9.17) is 11.6 Å². The van der Waals surface area contributed by atoms with Crippen LogP contribution in [0.5, 0.6) is 5.75 Å². The number of benzene rings is 1. The molecule has 1 aromatic carbocycles. The molecule has 7 nitrogen and oxygen atoms in total. The molecule has 1 aromatic heterocycles. The van der Waals surface area contributed by atoms with E-state index in [2.05, 4.69) is 31.0 Å². The Labute approximate surface area is 172 Å². The summed E-state index contributed by atoms with van der Waals surface area (Å²) in [5, 5.41) is 21.9. The van der Waals surface area contributed by atoms with Gasteiger partial charge in [0.15, 0.2) is 0 Å². The van der Waals surface area contributed by atoms with Crippen molar-refractivity contribution in [3.63, 3.8) is 0 Å². The Bertz CT molecular complexity index is 856. The van der Waals surface area contributed by atoms with Crippen LogP contribution in [0.3, 0.4) is 0 Å². The van der Waals surface area contributed by atoms with Crippen molar-refractivity contribution in [2.24, 2.45) is 0 Å². The van der Waals surface area contributed by atoms with E-state index in [0.717, 1.165) is 0 Å². The lowest BCUT2D eigenvalue weighted by atomic mass is 10.2. The molecule has 3 N–H and O–H groups in total. The van der Waals surface area contributed by atoms with Gasteiger partial charge in [0, 0.05) is 36.6 Å². The molecule has 3 rings (SSSR count). The van der Waals surface area contributed by atoms with E-state index in [-0.39, 0.29) is 24.4 Å². The number of nitrogens with one attached hydrogen (secondary N) is 1. The van der Waals surface area contributed by atoms with Crippen molar-refractivity contribution in [2.45, 2.75) is 17.8 Å². The van der Waals surface area contributed by atoms with Crippen molar-refractivity contribution >= 4 is 44.9 Å². The summed E-state index contributed by atoms with van der Waals surface area (Å²) in [5.41, 5.74) is -3.20. The lowest BCUT2D eigenvalue weighted by molar-refractivity contribution is -0.0964. The molecule has 1 saturated heterocycles. The zero-order valence-electron chi connectivity index (χ0n) is 14.2. The number of pyridine rings is 1. The maximum atomic E-state index is 12.6. The number of carbonyl (C=O) groups excluding carboxylic acids is 1. The summed E-state index contributed by atoms with van der Waals surface area (Å²) in [6.07, 6.45) is -0.359. The number of rotatable bonds is 5. The molecule has 0 aliphatic carbocycles. The predicted molar refractivity (Wildman–Crippen MR) is 102 cm³/mol. The number of β-amino-alcohol motifs (C(OH)–C–C–N with tert-alkyl or cyclic N) is 2. The summed E-state index contributed by atoms with van der Waals surface area (Å²) in [4.78, 5) is 18.3. The lowest BCUT2D eigenvalue weighted by Crippen LogP contribution is -2.23. The summed E-state index contributed by atoms with van der Waals surface area (Å²) in [6, 6.07) is 6.82. The molecular weight excluding hydrogens is 464 g/mol. The second-order valence-corrected chi connectivity index (χ2v) is 7.39. The van der Waals surface area contributed by atoms with Crippen molar-refractivity contribution in [1.29, 1.82) is 0 Å². The fraction of sp³-hybridized carbons (Fsp3) is 0.294. The Morgan fingerprint density at radius 2 is 1.89 bits per heavy atom. The maximum absolute atomic E-state index is 12.6. The Balaban J connectivity index is 1.67. The number of hydrogen-bond donors (Lipinski definition) is 3. The number of nitrogens with zero attached hydrogens (tertiary/aromatic N) is 2. The molecule has 1 fully saturated rings. The highest BCUT2D eigenvalue weighted by molar-refractivity contribution is 9.10. The van der Waals surface area contributed by atoms with Gasteiger partial charge < -0.3 is 25.2 Å². The van der Waals surface area contributed by atoms with Crippen LogP contribution in [0.2, 0.25) is 0 Å². The molecule has 2 heterocycles. The Hall–Kier alpha value is -2.01. The minimum atomic E-state index is -3.81. The Kier molecular flexibility index (Phi) is 6.04. The third-order valence-corrected chi connectivity index (χ3v) is 4.65. The van der Waals surface area contributed by atoms with Crippen molar-refractivity contribution in [3.05, 3.63) is 46.6 Å². The standard InChI is InChI=1S/C17H15BrClF2N3O4/c18-12-5-9(6-22-15(12)24-7-13(25)14(26)8-24)16(27)23-10-1-3-11(4-2-10)28-17(19,20)21/h1-6,13-14,25-26H,7-8H2,(H,23,27)/t13-,14-/m0/s1. The lowest BCUT2D eigenvalue weighted by Gasteiger charge is -2.18. The number of alkyl halides is 3. The third-order valence-electron chi connectivity index (χ3n) is 3.99. The normalized spacial score (nSPS) is 19.6. The first-order valence-corrected chi connectivity index (χ1v) is 9.23. The number of aliphatic hydroxyl groups is 2. The van der Waals surface area contributed by atoms with E-state index in [1.54, 1.807) is 11.0 Å². The first-order chi connectivity index (χ1) is 13.1. The van der Waals surface area contributed by atoms with Crippen LogP contribution in [0.25, 0.3) is 0 Å². The first kappa shape index (κ1) is 20.7. The van der Waals surface area contributed by atoms with E-state index >= 15 is 0 Å². The van der Waals surface area contributed by atoms with Gasteiger partial charge in [-0.05, 0) is 46.3 Å². The van der Waals surface area contributed by atoms with Crippen LogP contribution in [0, 0.1) is 0 Å². The number of aliphatic hydroxyl groups excluding tert-OH is 2. The molecule has 28 heavy (non-hydrogen) atoms. The second-order valence-electron chi connectivity index (χ2n) is 6.10. The van der Waals surface area contributed by atoms with Crippen LogP contribution in [0.4, 0.5) is 20.3 Å². The zero-order valence-corrected chi connectivity index (χ0v) is 16.5. The molecule has 150 valence electrons. The molecule has 1 aliphatic rings. The van der Waals surface area contributed by atoms with Gasteiger partial charge in [0.1, 0.15) is 11.6 Å². The third kappa shape index (κ3) is 5.07. The van der Waals surface area contributed by atoms with E-state index in [0.29, 0.717) is 16.0 Å². The fourth-order valence-electron chi connectivity index (χ4n) is 2.67. The average molecular weight is 479 g/mol. The highest BCUT2D eigenvalue weighted by Crippen LogP contribution is 2.29. The average Bonchev–Trinajstić information content (AvgIpc) is 2.94. The Morgan fingerprint density at radius 3 is 2.43 bits per heavy atom. The second kappa shape index (κ2) is 8.16. The summed E-state index contributed by atoms with van der Waals surface area (Å²) < 4.78 is 29.9. The number of carbonyl (C=O) groups is 1. The van der Waals surface area contributed by atoms with Crippen LogP contribution in [0.15, 0.2) is 41.0 Å². The molecule has 1 aliphatic heterocycles. The molecule has 0 saturated carbocycles. The number of amides is 1. The van der Waals surface area contributed by atoms with Gasteiger partial charge >= 0.3 is 5.57 Å². The van der Waals surface area contributed by atoms with Crippen LogP contribution < -0.4 is 15.0 Å². The SMILES string of the molecule is O=C(Nc1ccc(OC(F)(F)Cl)cc1)c1cnc(N2C[C@H](O)[C@@H](O)C2)c(Br)c1. The topological polar surface area (TPSA) is 94.9 Å². The highest BCUT2D eigenvalue weighted by Gasteiger charge is 2.31. The molecule has 1 amide bonds. The van der Waals surface area contributed by atoms with Gasteiger partial charge in [-0.15, -0.1) is 8.78 Å². The summed E-state index contributed by atoms with van der Waals surface area (Å²) in [7, 11) is 0. The predicted octanol–water partition coefficient (Wildman–Crippen LogP) is 2.81. The van der Waals surface area contributed by atoms with Crippen molar-refractivity contribution in [3.8, 4) is 5.75 Å².